The molecule has 114 valence electrons. The van der Waals surface area contributed by atoms with E-state index < -0.39 is 0 Å². The molecule has 5 heteroatoms. The standard InChI is InChI=1S/C15H27N3O2/c1-15(2,3)14(20)18-8-6-17(7-9-18)13(19)11-16-10-12-4-5-12/h12,16H,4-11H2,1-3H3. The van der Waals surface area contributed by atoms with Crippen LogP contribution in [-0.2, 0) is 9.59 Å². The Kier molecular flexibility index (Phi) is 4.68. The molecule has 20 heavy (non-hydrogen) atoms. The first-order valence-corrected chi connectivity index (χ1v) is 7.66. The molecular formula is C15H27N3O2. The predicted molar refractivity (Wildman–Crippen MR) is 78.2 cm³/mol. The first-order chi connectivity index (χ1) is 9.38. The van der Waals surface area contributed by atoms with E-state index in [1.54, 1.807) is 0 Å². The van der Waals surface area contributed by atoms with Crippen LogP contribution in [0.1, 0.15) is 33.6 Å². The third-order valence-electron chi connectivity index (χ3n) is 3.97. The van der Waals surface area contributed by atoms with E-state index in [1.807, 2.05) is 30.6 Å². The molecular weight excluding hydrogens is 254 g/mol. The van der Waals surface area contributed by atoms with Gasteiger partial charge in [-0.1, -0.05) is 20.8 Å². The fourth-order valence-electron chi connectivity index (χ4n) is 2.45. The molecule has 0 radical (unpaired) electrons. The van der Waals surface area contributed by atoms with Gasteiger partial charge in [-0.2, -0.15) is 0 Å². The summed E-state index contributed by atoms with van der Waals surface area (Å²) < 4.78 is 0. The van der Waals surface area contributed by atoms with Gasteiger partial charge in [0.15, 0.2) is 0 Å². The number of hydrogen-bond acceptors (Lipinski definition) is 3. The molecule has 2 aliphatic rings. The number of carbonyl (C=O) groups is 2. The van der Waals surface area contributed by atoms with Gasteiger partial charge < -0.3 is 15.1 Å². The Morgan fingerprint density at radius 1 is 1.05 bits per heavy atom. The van der Waals surface area contributed by atoms with E-state index in [0.717, 1.165) is 12.5 Å². The van der Waals surface area contributed by atoms with Crippen LogP contribution in [0.5, 0.6) is 0 Å². The molecule has 1 aliphatic carbocycles. The van der Waals surface area contributed by atoms with Crippen LogP contribution in [0.2, 0.25) is 0 Å². The van der Waals surface area contributed by atoms with Gasteiger partial charge >= 0.3 is 0 Å². The minimum Gasteiger partial charge on any atom is -0.339 e. The van der Waals surface area contributed by atoms with Crippen LogP contribution in [-0.4, -0.2) is 60.9 Å². The maximum atomic E-state index is 12.2. The number of piperazine rings is 1. The lowest BCUT2D eigenvalue weighted by Crippen LogP contribution is -2.54. The van der Waals surface area contributed by atoms with Gasteiger partial charge in [0.05, 0.1) is 6.54 Å². The molecule has 0 spiro atoms. The number of nitrogens with zero attached hydrogens (tertiary/aromatic N) is 2. The van der Waals surface area contributed by atoms with Gasteiger partial charge in [-0.3, -0.25) is 9.59 Å². The third-order valence-corrected chi connectivity index (χ3v) is 3.97. The van der Waals surface area contributed by atoms with Crippen LogP contribution in [0.3, 0.4) is 0 Å². The summed E-state index contributed by atoms with van der Waals surface area (Å²) in [4.78, 5) is 27.9. The van der Waals surface area contributed by atoms with Crippen molar-refractivity contribution in [1.29, 1.82) is 0 Å². The fourth-order valence-corrected chi connectivity index (χ4v) is 2.45. The van der Waals surface area contributed by atoms with Crippen LogP contribution >= 0.6 is 0 Å². The first kappa shape index (κ1) is 15.3. The highest BCUT2D eigenvalue weighted by atomic mass is 16.2. The largest absolute Gasteiger partial charge is 0.339 e. The number of rotatable bonds is 4. The zero-order valence-electron chi connectivity index (χ0n) is 12.9. The van der Waals surface area contributed by atoms with Gasteiger partial charge in [0.2, 0.25) is 11.8 Å². The summed E-state index contributed by atoms with van der Waals surface area (Å²) >= 11 is 0. The molecule has 0 unspecified atom stereocenters. The smallest absolute Gasteiger partial charge is 0.236 e. The molecule has 1 saturated carbocycles. The maximum absolute atomic E-state index is 12.2. The van der Waals surface area contributed by atoms with Gasteiger partial charge in [-0.05, 0) is 25.3 Å². The van der Waals surface area contributed by atoms with Gasteiger partial charge in [0, 0.05) is 31.6 Å². The summed E-state index contributed by atoms with van der Waals surface area (Å²) in [6.45, 7) is 9.85. The summed E-state index contributed by atoms with van der Waals surface area (Å²) in [7, 11) is 0. The Labute approximate surface area is 121 Å². The highest BCUT2D eigenvalue weighted by Crippen LogP contribution is 2.27. The average molecular weight is 281 g/mol. The van der Waals surface area contributed by atoms with E-state index in [4.69, 9.17) is 0 Å². The summed E-state index contributed by atoms with van der Waals surface area (Å²) in [5.74, 6) is 1.13. The maximum Gasteiger partial charge on any atom is 0.236 e. The first-order valence-electron chi connectivity index (χ1n) is 7.66. The minimum atomic E-state index is -0.335. The van der Waals surface area contributed by atoms with Gasteiger partial charge in [-0.15, -0.1) is 0 Å². The second-order valence-corrected chi connectivity index (χ2v) is 7.00. The Bertz CT molecular complexity index is 364. The molecule has 0 aromatic rings. The Balaban J connectivity index is 1.70. The number of hydrogen-bond donors (Lipinski definition) is 1. The normalized spacial score (nSPS) is 20.1. The number of amides is 2. The SMILES string of the molecule is CC(C)(C)C(=O)N1CCN(C(=O)CNCC2CC2)CC1. The van der Waals surface area contributed by atoms with Crippen molar-refractivity contribution in [2.45, 2.75) is 33.6 Å². The predicted octanol–water partition coefficient (Wildman–Crippen LogP) is 0.703. The topological polar surface area (TPSA) is 52.7 Å². The van der Waals surface area contributed by atoms with Crippen molar-refractivity contribution in [2.75, 3.05) is 39.3 Å². The molecule has 5 nitrogen and oxygen atoms in total. The van der Waals surface area contributed by atoms with Crippen molar-refractivity contribution in [2.24, 2.45) is 11.3 Å². The highest BCUT2D eigenvalue weighted by molar-refractivity contribution is 5.82. The Hall–Kier alpha value is -1.10. The molecule has 1 saturated heterocycles. The summed E-state index contributed by atoms with van der Waals surface area (Å²) in [5, 5.41) is 3.23. The molecule has 2 fully saturated rings. The molecule has 0 atom stereocenters. The van der Waals surface area contributed by atoms with Crippen LogP contribution in [0, 0.1) is 11.3 Å². The van der Waals surface area contributed by atoms with E-state index in [9.17, 15) is 9.59 Å². The summed E-state index contributed by atoms with van der Waals surface area (Å²) in [6.07, 6.45) is 2.60. The molecule has 2 amide bonds. The highest BCUT2D eigenvalue weighted by Gasteiger charge is 2.30. The van der Waals surface area contributed by atoms with Crippen molar-refractivity contribution in [3.8, 4) is 0 Å². The van der Waals surface area contributed by atoms with Crippen molar-refractivity contribution in [3.63, 3.8) is 0 Å². The lowest BCUT2D eigenvalue weighted by Gasteiger charge is -2.37. The molecule has 0 aromatic heterocycles. The summed E-state index contributed by atoms with van der Waals surface area (Å²) in [5.41, 5.74) is -0.335. The van der Waals surface area contributed by atoms with Crippen LogP contribution in [0.15, 0.2) is 0 Å². The Morgan fingerprint density at radius 3 is 2.10 bits per heavy atom. The van der Waals surface area contributed by atoms with Crippen molar-refractivity contribution < 1.29 is 9.59 Å². The lowest BCUT2D eigenvalue weighted by molar-refractivity contribution is -0.144. The van der Waals surface area contributed by atoms with Crippen LogP contribution < -0.4 is 5.32 Å². The minimum absolute atomic E-state index is 0.161. The second kappa shape index (κ2) is 6.12. The van der Waals surface area contributed by atoms with Crippen LogP contribution in [0.4, 0.5) is 0 Å². The quantitative estimate of drug-likeness (QED) is 0.825. The second-order valence-electron chi connectivity index (χ2n) is 7.00. The Morgan fingerprint density at radius 2 is 1.60 bits per heavy atom. The molecule has 1 aliphatic heterocycles. The third kappa shape index (κ3) is 4.20. The van der Waals surface area contributed by atoms with E-state index in [0.29, 0.717) is 32.7 Å². The van der Waals surface area contributed by atoms with E-state index in [2.05, 4.69) is 5.32 Å². The van der Waals surface area contributed by atoms with Gasteiger partial charge in [-0.25, -0.2) is 0 Å². The van der Waals surface area contributed by atoms with E-state index >= 15 is 0 Å². The molecule has 0 bridgehead atoms. The molecule has 0 aromatic carbocycles. The van der Waals surface area contributed by atoms with Crippen LogP contribution in [0.25, 0.3) is 0 Å². The lowest BCUT2D eigenvalue weighted by atomic mass is 9.94. The fraction of sp³-hybridized carbons (Fsp3) is 0.867. The number of nitrogens with one attached hydrogen (secondary N) is 1. The zero-order valence-corrected chi connectivity index (χ0v) is 12.9. The average Bonchev–Trinajstić information content (AvgIpc) is 3.21. The molecule has 1 N–H and O–H groups in total. The number of carbonyl (C=O) groups excluding carboxylic acids is 2. The zero-order chi connectivity index (χ0) is 14.8. The van der Waals surface area contributed by atoms with E-state index in [1.165, 1.54) is 12.8 Å². The van der Waals surface area contributed by atoms with Crippen molar-refractivity contribution in [3.05, 3.63) is 0 Å². The molecule has 2 rings (SSSR count). The summed E-state index contributed by atoms with van der Waals surface area (Å²) in [6, 6.07) is 0. The van der Waals surface area contributed by atoms with Gasteiger partial charge in [0.1, 0.15) is 0 Å². The van der Waals surface area contributed by atoms with Gasteiger partial charge in [0.25, 0.3) is 0 Å². The monoisotopic (exact) mass is 281 g/mol. The van der Waals surface area contributed by atoms with Crippen molar-refractivity contribution >= 4 is 11.8 Å². The van der Waals surface area contributed by atoms with E-state index in [-0.39, 0.29) is 17.2 Å². The molecule has 1 heterocycles. The van der Waals surface area contributed by atoms with Crippen molar-refractivity contribution in [1.82, 2.24) is 15.1 Å².